The highest BCUT2D eigenvalue weighted by Gasteiger charge is 2.58. The van der Waals surface area contributed by atoms with Crippen molar-refractivity contribution in [2.75, 3.05) is 12.0 Å². The smallest absolute Gasteiger partial charge is 0.293 e. The topological polar surface area (TPSA) is 93.3 Å². The Bertz CT molecular complexity index is 982. The van der Waals surface area contributed by atoms with Crippen molar-refractivity contribution in [3.63, 3.8) is 0 Å². The number of nitrogens with two attached hydrogens (primary N) is 1. The molecule has 160 valence electrons. The Labute approximate surface area is 166 Å². The van der Waals surface area contributed by atoms with E-state index in [-0.39, 0.29) is 17.9 Å². The second kappa shape index (κ2) is 7.92. The van der Waals surface area contributed by atoms with Crippen LogP contribution < -0.4 is 11.1 Å². The molecule has 30 heavy (non-hydrogen) atoms. The summed E-state index contributed by atoms with van der Waals surface area (Å²) in [5, 5.41) is 2.23. The summed E-state index contributed by atoms with van der Waals surface area (Å²) < 4.78 is 82.5. The molecule has 3 rings (SSSR count). The summed E-state index contributed by atoms with van der Waals surface area (Å²) in [6, 6.07) is 2.63. The van der Waals surface area contributed by atoms with E-state index in [4.69, 9.17) is 5.73 Å². The summed E-state index contributed by atoms with van der Waals surface area (Å²) in [7, 11) is 0. The van der Waals surface area contributed by atoms with Crippen molar-refractivity contribution in [3.05, 3.63) is 53.4 Å². The first-order valence-corrected chi connectivity index (χ1v) is 8.59. The molecule has 6 nitrogen and oxygen atoms in total. The number of amidine groups is 1. The molecule has 2 aromatic rings. The van der Waals surface area contributed by atoms with Crippen molar-refractivity contribution in [2.45, 2.75) is 30.7 Å². The van der Waals surface area contributed by atoms with Gasteiger partial charge in [-0.05, 0) is 18.2 Å². The molecule has 1 aromatic heterocycles. The molecule has 2 heterocycles. The quantitative estimate of drug-likeness (QED) is 0.706. The van der Waals surface area contributed by atoms with Crippen LogP contribution in [0.1, 0.15) is 41.0 Å². The molecule has 0 unspecified atom stereocenters. The molecule has 0 aliphatic carbocycles. The van der Waals surface area contributed by atoms with Gasteiger partial charge >= 0.3 is 0 Å². The van der Waals surface area contributed by atoms with Crippen LogP contribution in [0, 0.1) is 5.82 Å². The molecule has 0 fully saturated rings. The Morgan fingerprint density at radius 3 is 2.50 bits per heavy atom. The van der Waals surface area contributed by atoms with Gasteiger partial charge in [-0.25, -0.2) is 36.3 Å². The van der Waals surface area contributed by atoms with Crippen LogP contribution in [0.15, 0.2) is 35.6 Å². The Hall–Kier alpha value is -3.18. The van der Waals surface area contributed by atoms with Gasteiger partial charge in [0.1, 0.15) is 12.5 Å². The molecule has 1 amide bonds. The lowest BCUT2D eigenvalue weighted by Crippen LogP contribution is -2.51. The van der Waals surface area contributed by atoms with Crippen molar-refractivity contribution in [1.82, 2.24) is 9.97 Å². The van der Waals surface area contributed by atoms with Crippen molar-refractivity contribution in [2.24, 2.45) is 10.7 Å². The fraction of sp³-hybridized carbons (Fsp3) is 0.333. The van der Waals surface area contributed by atoms with Gasteiger partial charge in [0, 0.05) is 36.5 Å². The van der Waals surface area contributed by atoms with E-state index >= 15 is 0 Å². The highest BCUT2D eigenvalue weighted by atomic mass is 19.3. The maximum absolute atomic E-state index is 14.6. The molecule has 1 aliphatic rings. The van der Waals surface area contributed by atoms with E-state index in [9.17, 15) is 31.1 Å². The van der Waals surface area contributed by atoms with Crippen molar-refractivity contribution >= 4 is 17.4 Å². The van der Waals surface area contributed by atoms with Gasteiger partial charge in [0.15, 0.2) is 5.54 Å². The number of hydrogen-bond donors (Lipinski definition) is 2. The zero-order chi connectivity index (χ0) is 22.1. The molecule has 0 bridgehead atoms. The molecule has 0 saturated carbocycles. The minimum Gasteiger partial charge on any atom is -0.387 e. The number of halogens is 6. The van der Waals surface area contributed by atoms with Crippen LogP contribution in [0.2, 0.25) is 0 Å². The van der Waals surface area contributed by atoms with E-state index in [0.29, 0.717) is 0 Å². The molecule has 0 spiro atoms. The molecule has 3 N–H and O–H groups in total. The fourth-order valence-corrected chi connectivity index (χ4v) is 3.01. The second-order valence-corrected chi connectivity index (χ2v) is 6.59. The Kier molecular flexibility index (Phi) is 5.68. The van der Waals surface area contributed by atoms with Gasteiger partial charge in [-0.1, -0.05) is 0 Å². The number of benzene rings is 1. The van der Waals surface area contributed by atoms with E-state index in [0.717, 1.165) is 30.6 Å². The Morgan fingerprint density at radius 2 is 1.90 bits per heavy atom. The van der Waals surface area contributed by atoms with E-state index in [1.54, 1.807) is 0 Å². The lowest BCUT2D eigenvalue weighted by atomic mass is 9.80. The number of nitrogens with one attached hydrogen (secondary N) is 1. The van der Waals surface area contributed by atoms with Gasteiger partial charge < -0.3 is 11.1 Å². The summed E-state index contributed by atoms with van der Waals surface area (Å²) in [5.41, 5.74) is 1.16. The molecule has 1 aromatic carbocycles. The number of anilines is 1. The normalized spacial score (nSPS) is 20.7. The Morgan fingerprint density at radius 1 is 1.23 bits per heavy atom. The van der Waals surface area contributed by atoms with Crippen LogP contribution in [0.3, 0.4) is 0 Å². The van der Waals surface area contributed by atoms with Crippen LogP contribution in [0.4, 0.5) is 32.0 Å². The van der Waals surface area contributed by atoms with Crippen molar-refractivity contribution in [3.8, 4) is 0 Å². The van der Waals surface area contributed by atoms with Crippen LogP contribution >= 0.6 is 0 Å². The van der Waals surface area contributed by atoms with Crippen molar-refractivity contribution in [1.29, 1.82) is 0 Å². The molecule has 0 saturated heterocycles. The summed E-state index contributed by atoms with van der Waals surface area (Å²) in [6.45, 7) is -1.73. The number of aromatic nitrogens is 2. The number of aliphatic imine (C=N–C) groups is 1. The summed E-state index contributed by atoms with van der Waals surface area (Å²) in [6.07, 6.45) is -2.43. The number of rotatable bonds is 5. The maximum atomic E-state index is 14.6. The van der Waals surface area contributed by atoms with Crippen molar-refractivity contribution < 1.29 is 31.1 Å². The molecule has 1 aliphatic heterocycles. The minimum absolute atomic E-state index is 0.180. The molecule has 12 heteroatoms. The fourth-order valence-electron chi connectivity index (χ4n) is 3.01. The van der Waals surface area contributed by atoms with Crippen LogP contribution in [-0.4, -0.2) is 34.3 Å². The van der Waals surface area contributed by atoms with Gasteiger partial charge in [0.2, 0.25) is 5.82 Å². The second-order valence-electron chi connectivity index (χ2n) is 6.59. The highest BCUT2D eigenvalue weighted by molar-refractivity contribution is 6.01. The first-order chi connectivity index (χ1) is 14.1. The number of hydrogen-bond acceptors (Lipinski definition) is 5. The average molecular weight is 431 g/mol. The number of amides is 1. The van der Waals surface area contributed by atoms with E-state index in [1.807, 2.05) is 0 Å². The SMILES string of the molecule is NC1=N[C@](CF)(c2cc(NC(=O)c3ncc(C(F)F)cn3)ccc2F)C(F)(F)CC1. The van der Waals surface area contributed by atoms with Crippen LogP contribution in [0.5, 0.6) is 0 Å². The number of carbonyl (C=O) groups is 1. The predicted molar refractivity (Wildman–Crippen MR) is 94.8 cm³/mol. The molecular formula is C18H15F6N5O. The summed E-state index contributed by atoms with van der Waals surface area (Å²) in [4.78, 5) is 22.7. The maximum Gasteiger partial charge on any atom is 0.293 e. The zero-order valence-corrected chi connectivity index (χ0v) is 15.2. The van der Waals surface area contributed by atoms with Gasteiger partial charge in [0.05, 0.1) is 11.4 Å². The lowest BCUT2D eigenvalue weighted by molar-refractivity contribution is -0.0959. The standard InChI is InChI=1S/C18H15F6N5O/c19-8-17(18(23,24)4-3-13(25)29-17)11-5-10(1-2-12(11)20)28-16(30)15-26-6-9(7-27-15)14(21)22/h1-2,5-7,14H,3-4,8H2,(H2,25,29)(H,28,30)/t17-/m1/s1. The average Bonchev–Trinajstić information content (AvgIpc) is 2.71. The highest BCUT2D eigenvalue weighted by Crippen LogP contribution is 2.48. The minimum atomic E-state index is -3.73. The van der Waals surface area contributed by atoms with E-state index in [2.05, 4.69) is 20.3 Å². The van der Waals surface area contributed by atoms with E-state index < -0.39 is 59.7 Å². The number of carbonyl (C=O) groups excluding carboxylic acids is 1. The van der Waals surface area contributed by atoms with E-state index in [1.165, 1.54) is 0 Å². The monoisotopic (exact) mass is 431 g/mol. The van der Waals surface area contributed by atoms with Crippen LogP contribution in [-0.2, 0) is 5.54 Å². The van der Waals surface area contributed by atoms with Gasteiger partial charge in [0.25, 0.3) is 18.3 Å². The van der Waals surface area contributed by atoms with Gasteiger partial charge in [-0.3, -0.25) is 9.79 Å². The molecule has 0 radical (unpaired) electrons. The lowest BCUT2D eigenvalue weighted by Gasteiger charge is -2.39. The zero-order valence-electron chi connectivity index (χ0n) is 15.2. The first-order valence-electron chi connectivity index (χ1n) is 8.59. The third kappa shape index (κ3) is 3.81. The van der Waals surface area contributed by atoms with Gasteiger partial charge in [-0.15, -0.1) is 0 Å². The largest absolute Gasteiger partial charge is 0.387 e. The summed E-state index contributed by atoms with van der Waals surface area (Å²) >= 11 is 0. The number of alkyl halides is 5. The molecular weight excluding hydrogens is 416 g/mol. The number of nitrogens with zero attached hydrogens (tertiary/aromatic N) is 3. The van der Waals surface area contributed by atoms with Crippen LogP contribution in [0.25, 0.3) is 0 Å². The Balaban J connectivity index is 1.95. The predicted octanol–water partition coefficient (Wildman–Crippen LogP) is 3.76. The third-order valence-electron chi connectivity index (χ3n) is 4.62. The van der Waals surface area contributed by atoms with Gasteiger partial charge in [-0.2, -0.15) is 0 Å². The third-order valence-corrected chi connectivity index (χ3v) is 4.62. The first kappa shape index (κ1) is 21.5. The molecule has 1 atom stereocenters. The summed E-state index contributed by atoms with van der Waals surface area (Å²) in [5.74, 6) is -6.61.